The van der Waals surface area contributed by atoms with Gasteiger partial charge in [-0.05, 0) is 23.6 Å². The highest BCUT2D eigenvalue weighted by atomic mass is 32.2. The molecule has 3 heterocycles. The average molecular weight is 355 g/mol. The minimum absolute atomic E-state index is 0.531. The summed E-state index contributed by atoms with van der Waals surface area (Å²) < 4.78 is 7.29. The number of rotatable bonds is 5. The molecular formula is C16H13N5OS2. The fourth-order valence-electron chi connectivity index (χ4n) is 2.22. The molecule has 4 aromatic rings. The molecular weight excluding hydrogens is 342 g/mol. The maximum atomic E-state index is 5.32. The van der Waals surface area contributed by atoms with E-state index in [1.165, 1.54) is 11.8 Å². The highest BCUT2D eigenvalue weighted by Gasteiger charge is 2.14. The standard InChI is InChI=1S/C16H13N5OS2/c1-21-14(12-7-8-23-9-12)18-19-16(21)24-10-13-17-15(22-20-13)11-5-3-2-4-6-11/h2-9H,10H2,1H3. The normalized spacial score (nSPS) is 11.0. The summed E-state index contributed by atoms with van der Waals surface area (Å²) in [5, 5.41) is 17.4. The van der Waals surface area contributed by atoms with Gasteiger partial charge in [0, 0.05) is 23.6 Å². The highest BCUT2D eigenvalue weighted by Crippen LogP contribution is 2.26. The average Bonchev–Trinajstić information content (AvgIpc) is 3.35. The van der Waals surface area contributed by atoms with Gasteiger partial charge in [0.2, 0.25) is 0 Å². The zero-order valence-electron chi connectivity index (χ0n) is 12.8. The lowest BCUT2D eigenvalue weighted by Crippen LogP contribution is -1.94. The zero-order chi connectivity index (χ0) is 16.4. The molecule has 0 N–H and O–H groups in total. The molecule has 0 spiro atoms. The smallest absolute Gasteiger partial charge is 0.257 e. The van der Waals surface area contributed by atoms with Crippen LogP contribution in [0, 0.1) is 0 Å². The maximum absolute atomic E-state index is 5.32. The quantitative estimate of drug-likeness (QED) is 0.506. The molecule has 0 saturated heterocycles. The highest BCUT2D eigenvalue weighted by molar-refractivity contribution is 7.98. The van der Waals surface area contributed by atoms with E-state index >= 15 is 0 Å². The second kappa shape index (κ2) is 6.58. The summed E-state index contributed by atoms with van der Waals surface area (Å²) in [7, 11) is 1.96. The number of hydrogen-bond donors (Lipinski definition) is 0. The van der Waals surface area contributed by atoms with E-state index in [-0.39, 0.29) is 0 Å². The van der Waals surface area contributed by atoms with Gasteiger partial charge in [-0.2, -0.15) is 16.3 Å². The van der Waals surface area contributed by atoms with Crippen LogP contribution in [0.4, 0.5) is 0 Å². The molecule has 3 aromatic heterocycles. The Balaban J connectivity index is 1.47. The summed E-state index contributed by atoms with van der Waals surface area (Å²) in [6.45, 7) is 0. The largest absolute Gasteiger partial charge is 0.334 e. The summed E-state index contributed by atoms with van der Waals surface area (Å²) in [6, 6.07) is 11.8. The predicted molar refractivity (Wildman–Crippen MR) is 93.6 cm³/mol. The van der Waals surface area contributed by atoms with Gasteiger partial charge in [-0.15, -0.1) is 10.2 Å². The molecule has 0 radical (unpaired) electrons. The van der Waals surface area contributed by atoms with Crippen LogP contribution in [0.1, 0.15) is 5.82 Å². The Kier molecular flexibility index (Phi) is 4.14. The van der Waals surface area contributed by atoms with E-state index < -0.39 is 0 Å². The summed E-state index contributed by atoms with van der Waals surface area (Å²) in [5.74, 6) is 2.60. The SMILES string of the molecule is Cn1c(SCc2noc(-c3ccccc3)n2)nnc1-c1ccsc1. The Bertz CT molecular complexity index is 931. The van der Waals surface area contributed by atoms with Crippen molar-refractivity contribution < 1.29 is 4.52 Å². The van der Waals surface area contributed by atoms with Gasteiger partial charge in [-0.1, -0.05) is 35.1 Å². The fraction of sp³-hybridized carbons (Fsp3) is 0.125. The minimum Gasteiger partial charge on any atom is -0.334 e. The molecule has 1 aromatic carbocycles. The molecule has 0 aliphatic rings. The molecule has 24 heavy (non-hydrogen) atoms. The Morgan fingerprint density at radius 3 is 2.79 bits per heavy atom. The maximum Gasteiger partial charge on any atom is 0.257 e. The second-order valence-corrected chi connectivity index (χ2v) is 6.77. The van der Waals surface area contributed by atoms with E-state index in [0.717, 1.165) is 22.1 Å². The van der Waals surface area contributed by atoms with Crippen molar-refractivity contribution in [1.82, 2.24) is 24.9 Å². The van der Waals surface area contributed by atoms with Crippen LogP contribution in [0.15, 0.2) is 56.8 Å². The minimum atomic E-state index is 0.531. The number of aromatic nitrogens is 5. The van der Waals surface area contributed by atoms with Gasteiger partial charge in [-0.25, -0.2) is 0 Å². The van der Waals surface area contributed by atoms with Crippen LogP contribution in [-0.2, 0) is 12.8 Å². The third-order valence-corrected chi connectivity index (χ3v) is 5.13. The molecule has 8 heteroatoms. The van der Waals surface area contributed by atoms with Crippen LogP contribution < -0.4 is 0 Å². The number of thioether (sulfide) groups is 1. The molecule has 0 bridgehead atoms. The van der Waals surface area contributed by atoms with E-state index in [0.29, 0.717) is 17.5 Å². The molecule has 0 atom stereocenters. The molecule has 120 valence electrons. The molecule has 4 rings (SSSR count). The van der Waals surface area contributed by atoms with Crippen LogP contribution in [0.3, 0.4) is 0 Å². The van der Waals surface area contributed by atoms with Gasteiger partial charge in [0.25, 0.3) is 5.89 Å². The summed E-state index contributed by atoms with van der Waals surface area (Å²) in [4.78, 5) is 4.43. The first-order valence-electron chi connectivity index (χ1n) is 7.24. The van der Waals surface area contributed by atoms with Crippen molar-refractivity contribution in [1.29, 1.82) is 0 Å². The number of benzene rings is 1. The summed E-state index contributed by atoms with van der Waals surface area (Å²) >= 11 is 3.18. The van der Waals surface area contributed by atoms with Crippen molar-refractivity contribution in [2.75, 3.05) is 0 Å². The lowest BCUT2D eigenvalue weighted by Gasteiger charge is -2.00. The van der Waals surface area contributed by atoms with Crippen molar-refractivity contribution >= 4 is 23.1 Å². The molecule has 0 amide bonds. The Morgan fingerprint density at radius 1 is 1.12 bits per heavy atom. The molecule has 6 nitrogen and oxygen atoms in total. The first-order chi connectivity index (χ1) is 11.8. The summed E-state index contributed by atoms with van der Waals surface area (Å²) in [5.41, 5.74) is 1.99. The fourth-order valence-corrected chi connectivity index (χ4v) is 3.61. The van der Waals surface area contributed by atoms with Crippen molar-refractivity contribution in [3.63, 3.8) is 0 Å². The molecule has 0 unspecified atom stereocenters. The van der Waals surface area contributed by atoms with Gasteiger partial charge >= 0.3 is 0 Å². The lowest BCUT2D eigenvalue weighted by molar-refractivity contribution is 0.425. The van der Waals surface area contributed by atoms with Gasteiger partial charge in [0.15, 0.2) is 16.8 Å². The van der Waals surface area contributed by atoms with Gasteiger partial charge in [0.05, 0.1) is 5.75 Å². The predicted octanol–water partition coefficient (Wildman–Crippen LogP) is 3.89. The van der Waals surface area contributed by atoms with E-state index in [4.69, 9.17) is 4.52 Å². The van der Waals surface area contributed by atoms with Crippen LogP contribution in [0.25, 0.3) is 22.8 Å². The molecule has 0 aliphatic heterocycles. The third kappa shape index (κ3) is 2.98. The first-order valence-corrected chi connectivity index (χ1v) is 9.17. The van der Waals surface area contributed by atoms with Crippen molar-refractivity contribution in [3.8, 4) is 22.8 Å². The number of hydrogen-bond acceptors (Lipinski definition) is 7. The molecule has 0 fully saturated rings. The van der Waals surface area contributed by atoms with Crippen LogP contribution in [-0.4, -0.2) is 24.9 Å². The van der Waals surface area contributed by atoms with Crippen LogP contribution in [0.5, 0.6) is 0 Å². The third-order valence-electron chi connectivity index (χ3n) is 3.43. The van der Waals surface area contributed by atoms with E-state index in [2.05, 4.69) is 25.7 Å². The van der Waals surface area contributed by atoms with Crippen LogP contribution in [0.2, 0.25) is 0 Å². The van der Waals surface area contributed by atoms with E-state index in [1.54, 1.807) is 11.3 Å². The van der Waals surface area contributed by atoms with Gasteiger partial charge in [0.1, 0.15) is 0 Å². The Hall–Kier alpha value is -2.45. The molecule has 0 saturated carbocycles. The monoisotopic (exact) mass is 355 g/mol. The van der Waals surface area contributed by atoms with Crippen molar-refractivity contribution in [3.05, 3.63) is 53.0 Å². The van der Waals surface area contributed by atoms with E-state index in [1.807, 2.05) is 53.4 Å². The van der Waals surface area contributed by atoms with Crippen molar-refractivity contribution in [2.45, 2.75) is 10.9 Å². The number of thiophene rings is 1. The topological polar surface area (TPSA) is 69.6 Å². The Morgan fingerprint density at radius 2 is 2.00 bits per heavy atom. The second-order valence-electron chi connectivity index (χ2n) is 5.05. The Labute approximate surface area is 146 Å². The zero-order valence-corrected chi connectivity index (χ0v) is 14.4. The molecule has 0 aliphatic carbocycles. The van der Waals surface area contributed by atoms with Crippen LogP contribution >= 0.6 is 23.1 Å². The van der Waals surface area contributed by atoms with Crippen molar-refractivity contribution in [2.24, 2.45) is 7.05 Å². The summed E-state index contributed by atoms with van der Waals surface area (Å²) in [6.07, 6.45) is 0. The number of nitrogens with zero attached hydrogens (tertiary/aromatic N) is 5. The van der Waals surface area contributed by atoms with E-state index in [9.17, 15) is 0 Å². The first kappa shape index (κ1) is 15.1. The van der Waals surface area contributed by atoms with Gasteiger partial charge in [-0.3, -0.25) is 0 Å². The lowest BCUT2D eigenvalue weighted by atomic mass is 10.2. The van der Waals surface area contributed by atoms with Gasteiger partial charge < -0.3 is 9.09 Å².